The summed E-state index contributed by atoms with van der Waals surface area (Å²) in [6.45, 7) is 0. The van der Waals surface area contributed by atoms with E-state index in [1.165, 1.54) is 18.4 Å². The summed E-state index contributed by atoms with van der Waals surface area (Å²) in [5.74, 6) is -1.64. The summed E-state index contributed by atoms with van der Waals surface area (Å²) in [4.78, 5) is 24.8. The molecule has 0 bridgehead atoms. The SMILES string of the molecule is CNC(Cc1ccc(Cl)cc1)(C(=O)O)C(=O)c1cccs1. The minimum Gasteiger partial charge on any atom is -0.480 e. The summed E-state index contributed by atoms with van der Waals surface area (Å²) in [5.41, 5.74) is -0.959. The second-order valence-corrected chi connectivity index (χ2v) is 5.95. The number of nitrogens with one attached hydrogen (secondary N) is 1. The minimum absolute atomic E-state index is 0.0483. The maximum absolute atomic E-state index is 12.6. The molecule has 0 aliphatic carbocycles. The highest BCUT2D eigenvalue weighted by atomic mass is 35.5. The predicted octanol–water partition coefficient (Wildman–Crippen LogP) is 2.87. The zero-order chi connectivity index (χ0) is 15.5. The fraction of sp³-hybridized carbons (Fsp3) is 0.200. The lowest BCUT2D eigenvalue weighted by Gasteiger charge is -2.27. The van der Waals surface area contributed by atoms with Crippen molar-refractivity contribution in [3.05, 3.63) is 57.2 Å². The second-order valence-electron chi connectivity index (χ2n) is 4.57. The smallest absolute Gasteiger partial charge is 0.332 e. The van der Waals surface area contributed by atoms with Gasteiger partial charge in [0, 0.05) is 11.4 Å². The molecule has 1 aromatic carbocycles. The van der Waals surface area contributed by atoms with Crippen LogP contribution in [0.15, 0.2) is 41.8 Å². The molecule has 2 rings (SSSR count). The zero-order valence-electron chi connectivity index (χ0n) is 11.3. The van der Waals surface area contributed by atoms with Crippen molar-refractivity contribution in [1.82, 2.24) is 5.32 Å². The number of ketones is 1. The van der Waals surface area contributed by atoms with Crippen LogP contribution >= 0.6 is 22.9 Å². The van der Waals surface area contributed by atoms with E-state index < -0.39 is 17.3 Å². The van der Waals surface area contributed by atoms with E-state index in [1.807, 2.05) is 0 Å². The molecule has 0 saturated heterocycles. The largest absolute Gasteiger partial charge is 0.480 e. The van der Waals surface area contributed by atoms with Crippen molar-refractivity contribution in [1.29, 1.82) is 0 Å². The summed E-state index contributed by atoms with van der Waals surface area (Å²) >= 11 is 7.06. The number of likely N-dealkylation sites (N-methyl/N-ethyl adjacent to an activating group) is 1. The number of carboxylic acid groups (broad SMARTS) is 1. The van der Waals surface area contributed by atoms with E-state index in [0.717, 1.165) is 5.56 Å². The number of benzene rings is 1. The van der Waals surface area contributed by atoms with Gasteiger partial charge in [-0.25, -0.2) is 4.79 Å². The number of hydrogen-bond acceptors (Lipinski definition) is 4. The number of aliphatic carboxylic acids is 1. The van der Waals surface area contributed by atoms with Gasteiger partial charge >= 0.3 is 5.97 Å². The van der Waals surface area contributed by atoms with Gasteiger partial charge in [-0.3, -0.25) is 10.1 Å². The summed E-state index contributed by atoms with van der Waals surface area (Å²) in [5, 5.41) is 14.6. The Kier molecular flexibility index (Phi) is 4.77. The van der Waals surface area contributed by atoms with E-state index in [-0.39, 0.29) is 6.42 Å². The van der Waals surface area contributed by atoms with Crippen LogP contribution in [0.5, 0.6) is 0 Å². The maximum atomic E-state index is 12.6. The first-order valence-corrected chi connectivity index (χ1v) is 7.50. The van der Waals surface area contributed by atoms with Crippen LogP contribution in [0, 0.1) is 0 Å². The van der Waals surface area contributed by atoms with Crippen molar-refractivity contribution in [3.63, 3.8) is 0 Å². The monoisotopic (exact) mass is 323 g/mol. The molecule has 0 aliphatic heterocycles. The molecule has 110 valence electrons. The fourth-order valence-electron chi connectivity index (χ4n) is 2.09. The number of rotatable bonds is 6. The topological polar surface area (TPSA) is 66.4 Å². The van der Waals surface area contributed by atoms with Gasteiger partial charge in [-0.1, -0.05) is 29.8 Å². The van der Waals surface area contributed by atoms with Crippen LogP contribution in [0.25, 0.3) is 0 Å². The van der Waals surface area contributed by atoms with Gasteiger partial charge < -0.3 is 5.11 Å². The zero-order valence-corrected chi connectivity index (χ0v) is 12.9. The molecule has 1 aromatic heterocycles. The van der Waals surface area contributed by atoms with Crippen LogP contribution in [0.3, 0.4) is 0 Å². The summed E-state index contributed by atoms with van der Waals surface area (Å²) in [6.07, 6.45) is 0.0483. The van der Waals surface area contributed by atoms with Crippen LogP contribution in [0.2, 0.25) is 5.02 Å². The molecule has 0 fully saturated rings. The van der Waals surface area contributed by atoms with Crippen molar-refractivity contribution in [2.45, 2.75) is 12.0 Å². The predicted molar refractivity (Wildman–Crippen MR) is 83.2 cm³/mol. The molecule has 6 heteroatoms. The van der Waals surface area contributed by atoms with Crippen LogP contribution in [0.4, 0.5) is 0 Å². The van der Waals surface area contributed by atoms with Crippen LogP contribution < -0.4 is 5.32 Å². The molecule has 0 spiro atoms. The van der Waals surface area contributed by atoms with Gasteiger partial charge in [-0.05, 0) is 36.2 Å². The molecule has 0 aliphatic rings. The lowest BCUT2D eigenvalue weighted by atomic mass is 9.86. The lowest BCUT2D eigenvalue weighted by molar-refractivity contribution is -0.142. The molecule has 4 nitrogen and oxygen atoms in total. The number of thiophene rings is 1. The molecule has 1 unspecified atom stereocenters. The van der Waals surface area contributed by atoms with Crippen molar-refractivity contribution >= 4 is 34.7 Å². The molecule has 2 N–H and O–H groups in total. The molecule has 1 heterocycles. The molecule has 21 heavy (non-hydrogen) atoms. The Hall–Kier alpha value is -1.69. The first-order chi connectivity index (χ1) is 9.99. The van der Waals surface area contributed by atoms with Gasteiger partial charge in [-0.2, -0.15) is 0 Å². The highest BCUT2D eigenvalue weighted by Crippen LogP contribution is 2.23. The van der Waals surface area contributed by atoms with Gasteiger partial charge in [0.25, 0.3) is 0 Å². The lowest BCUT2D eigenvalue weighted by Crippen LogP contribution is -2.58. The third kappa shape index (κ3) is 3.15. The number of hydrogen-bond donors (Lipinski definition) is 2. The summed E-state index contributed by atoms with van der Waals surface area (Å²) < 4.78 is 0. The Morgan fingerprint density at radius 2 is 1.95 bits per heavy atom. The molecule has 0 radical (unpaired) electrons. The third-order valence-corrected chi connectivity index (χ3v) is 4.43. The molecule has 0 amide bonds. The fourth-order valence-corrected chi connectivity index (χ4v) is 2.96. The van der Waals surface area contributed by atoms with E-state index in [1.54, 1.807) is 41.8 Å². The Morgan fingerprint density at radius 3 is 2.43 bits per heavy atom. The average molecular weight is 324 g/mol. The van der Waals surface area contributed by atoms with E-state index in [9.17, 15) is 14.7 Å². The first kappa shape index (κ1) is 15.7. The van der Waals surface area contributed by atoms with Gasteiger partial charge in [0.1, 0.15) is 0 Å². The third-order valence-electron chi connectivity index (χ3n) is 3.31. The van der Waals surface area contributed by atoms with E-state index >= 15 is 0 Å². The Balaban J connectivity index is 2.39. The molecule has 1 atom stereocenters. The van der Waals surface area contributed by atoms with Crippen LogP contribution in [-0.4, -0.2) is 29.4 Å². The number of carboxylic acids is 1. The van der Waals surface area contributed by atoms with E-state index in [2.05, 4.69) is 5.32 Å². The average Bonchev–Trinajstić information content (AvgIpc) is 3.00. The maximum Gasteiger partial charge on any atom is 0.332 e. The van der Waals surface area contributed by atoms with Crippen LogP contribution in [0.1, 0.15) is 15.2 Å². The van der Waals surface area contributed by atoms with E-state index in [0.29, 0.717) is 9.90 Å². The Morgan fingerprint density at radius 1 is 1.29 bits per heavy atom. The standard InChI is InChI=1S/C15H14ClNO3S/c1-17-15(14(19)20,13(18)12-3-2-8-21-12)9-10-4-6-11(16)7-5-10/h2-8,17H,9H2,1H3,(H,19,20). The van der Waals surface area contributed by atoms with Gasteiger partial charge in [0.15, 0.2) is 5.54 Å². The number of Topliss-reactive ketones (excluding diaryl/α,β-unsaturated/α-hetero) is 1. The van der Waals surface area contributed by atoms with Gasteiger partial charge in [-0.15, -0.1) is 11.3 Å². The molecular weight excluding hydrogens is 310 g/mol. The molecular formula is C15H14ClNO3S. The highest BCUT2D eigenvalue weighted by molar-refractivity contribution is 7.12. The quantitative estimate of drug-likeness (QED) is 0.633. The van der Waals surface area contributed by atoms with Gasteiger partial charge in [0.2, 0.25) is 5.78 Å². The van der Waals surface area contributed by atoms with Gasteiger partial charge in [0.05, 0.1) is 4.88 Å². The van der Waals surface area contributed by atoms with Crippen molar-refractivity contribution < 1.29 is 14.7 Å². The molecule has 0 saturated carbocycles. The minimum atomic E-state index is -1.68. The van der Waals surface area contributed by atoms with Crippen molar-refractivity contribution in [2.24, 2.45) is 0 Å². The Bertz CT molecular complexity index is 639. The molecule has 2 aromatic rings. The van der Waals surface area contributed by atoms with Crippen LogP contribution in [-0.2, 0) is 11.2 Å². The highest BCUT2D eigenvalue weighted by Gasteiger charge is 2.45. The van der Waals surface area contributed by atoms with Crippen molar-refractivity contribution in [3.8, 4) is 0 Å². The Labute approximate surface area is 131 Å². The number of carbonyl (C=O) groups is 2. The second kappa shape index (κ2) is 6.39. The normalized spacial score (nSPS) is 13.6. The first-order valence-electron chi connectivity index (χ1n) is 6.24. The van der Waals surface area contributed by atoms with E-state index in [4.69, 9.17) is 11.6 Å². The summed E-state index contributed by atoms with van der Waals surface area (Å²) in [6, 6.07) is 10.1. The summed E-state index contributed by atoms with van der Waals surface area (Å²) in [7, 11) is 1.48. The number of halogens is 1. The van der Waals surface area contributed by atoms with Crippen molar-refractivity contribution in [2.75, 3.05) is 7.05 Å². The number of carbonyl (C=O) groups excluding carboxylic acids is 1.